The Kier molecular flexibility index (Phi) is 3.29. The quantitative estimate of drug-likeness (QED) is 0.788. The van der Waals surface area contributed by atoms with Gasteiger partial charge in [0.05, 0.1) is 18.1 Å². The molecule has 0 amide bonds. The van der Waals surface area contributed by atoms with Crippen LogP contribution in [-0.2, 0) is 14.6 Å². The van der Waals surface area contributed by atoms with Gasteiger partial charge in [0.25, 0.3) is 0 Å². The maximum atomic E-state index is 11.5. The average molecular weight is 247 g/mol. The number of ether oxygens (including phenoxy) is 1. The fourth-order valence-corrected chi connectivity index (χ4v) is 4.64. The molecule has 0 aromatic heterocycles. The van der Waals surface area contributed by atoms with Crippen molar-refractivity contribution in [3.63, 3.8) is 0 Å². The fourth-order valence-electron chi connectivity index (χ4n) is 2.86. The molecule has 3 atom stereocenters. The van der Waals surface area contributed by atoms with Crippen LogP contribution in [0.1, 0.15) is 33.1 Å². The summed E-state index contributed by atoms with van der Waals surface area (Å²) in [6.45, 7) is 4.83. The lowest BCUT2D eigenvalue weighted by Crippen LogP contribution is -2.43. The molecule has 0 aromatic carbocycles. The zero-order valence-corrected chi connectivity index (χ0v) is 10.8. The number of hydrogen-bond donors (Lipinski definition) is 1. The molecule has 0 spiro atoms. The molecule has 2 aliphatic rings. The Morgan fingerprint density at radius 2 is 2.25 bits per heavy atom. The van der Waals surface area contributed by atoms with Crippen molar-refractivity contribution >= 4 is 9.84 Å². The molecule has 16 heavy (non-hydrogen) atoms. The minimum atomic E-state index is -2.80. The normalized spacial score (nSPS) is 43.4. The first kappa shape index (κ1) is 12.3. The summed E-state index contributed by atoms with van der Waals surface area (Å²) in [4.78, 5) is 0. The molecular formula is C11H21NO3S. The minimum Gasteiger partial charge on any atom is -0.359 e. The molecule has 2 aliphatic heterocycles. The predicted octanol–water partition coefficient (Wildman–Crippen LogP) is 0.926. The van der Waals surface area contributed by atoms with Gasteiger partial charge < -0.3 is 4.74 Å². The highest BCUT2D eigenvalue weighted by Gasteiger charge is 2.37. The maximum Gasteiger partial charge on any atom is 0.150 e. The molecule has 0 aliphatic carbocycles. The van der Waals surface area contributed by atoms with Gasteiger partial charge >= 0.3 is 0 Å². The highest BCUT2D eigenvalue weighted by molar-refractivity contribution is 7.91. The van der Waals surface area contributed by atoms with Crippen LogP contribution in [0.15, 0.2) is 0 Å². The molecule has 94 valence electrons. The lowest BCUT2D eigenvalue weighted by atomic mass is 9.95. The number of sulfone groups is 1. The van der Waals surface area contributed by atoms with Crippen LogP contribution < -0.4 is 5.32 Å². The topological polar surface area (TPSA) is 55.4 Å². The van der Waals surface area contributed by atoms with E-state index in [4.69, 9.17) is 4.74 Å². The van der Waals surface area contributed by atoms with Crippen LogP contribution in [0.25, 0.3) is 0 Å². The average Bonchev–Trinajstić information content (AvgIpc) is 2.43. The first-order valence-corrected chi connectivity index (χ1v) is 7.83. The lowest BCUT2D eigenvalue weighted by Gasteiger charge is -2.31. The number of rotatable bonds is 2. The summed E-state index contributed by atoms with van der Waals surface area (Å²) in [5.41, 5.74) is -0.322. The van der Waals surface area contributed by atoms with E-state index < -0.39 is 9.84 Å². The van der Waals surface area contributed by atoms with Crippen LogP contribution in [0, 0.1) is 5.92 Å². The van der Waals surface area contributed by atoms with Crippen molar-refractivity contribution in [2.24, 2.45) is 5.92 Å². The summed E-state index contributed by atoms with van der Waals surface area (Å²) < 4.78 is 28.8. The molecule has 2 rings (SSSR count). The van der Waals surface area contributed by atoms with Crippen molar-refractivity contribution in [1.29, 1.82) is 0 Å². The van der Waals surface area contributed by atoms with E-state index >= 15 is 0 Å². The van der Waals surface area contributed by atoms with E-state index in [1.165, 1.54) is 0 Å². The summed E-state index contributed by atoms with van der Waals surface area (Å²) >= 11 is 0. The van der Waals surface area contributed by atoms with Gasteiger partial charge in [0.2, 0.25) is 0 Å². The highest BCUT2D eigenvalue weighted by Crippen LogP contribution is 2.29. The van der Waals surface area contributed by atoms with Crippen LogP contribution in [0.5, 0.6) is 0 Å². The zero-order chi connectivity index (χ0) is 11.8. The van der Waals surface area contributed by atoms with E-state index in [0.29, 0.717) is 17.5 Å². The van der Waals surface area contributed by atoms with Gasteiger partial charge in [-0.25, -0.2) is 8.42 Å². The first-order valence-electron chi connectivity index (χ1n) is 6.01. The van der Waals surface area contributed by atoms with Crippen molar-refractivity contribution in [2.75, 3.05) is 18.1 Å². The van der Waals surface area contributed by atoms with Gasteiger partial charge in [0.1, 0.15) is 5.72 Å². The molecule has 3 unspecified atom stereocenters. The smallest absolute Gasteiger partial charge is 0.150 e. The second kappa shape index (κ2) is 4.27. The van der Waals surface area contributed by atoms with Gasteiger partial charge in [-0.15, -0.1) is 0 Å². The maximum absolute atomic E-state index is 11.5. The summed E-state index contributed by atoms with van der Waals surface area (Å²) in [7, 11) is -2.80. The Morgan fingerprint density at radius 1 is 1.50 bits per heavy atom. The Morgan fingerprint density at radius 3 is 2.81 bits per heavy atom. The van der Waals surface area contributed by atoms with E-state index in [1.807, 2.05) is 6.92 Å². The Bertz CT molecular complexity index is 354. The van der Waals surface area contributed by atoms with E-state index in [2.05, 4.69) is 12.2 Å². The SMILES string of the molecule is CC1COC(C)(CC2CCCS(=O)(=O)C2)N1. The molecule has 2 saturated heterocycles. The third kappa shape index (κ3) is 2.96. The molecular weight excluding hydrogens is 226 g/mol. The second-order valence-electron chi connectivity index (χ2n) is 5.41. The van der Waals surface area contributed by atoms with Gasteiger partial charge in [-0.3, -0.25) is 5.32 Å². The van der Waals surface area contributed by atoms with Crippen molar-refractivity contribution < 1.29 is 13.2 Å². The molecule has 2 heterocycles. The first-order chi connectivity index (χ1) is 7.39. The summed E-state index contributed by atoms with van der Waals surface area (Å²) in [6, 6.07) is 0.366. The van der Waals surface area contributed by atoms with E-state index in [1.54, 1.807) is 0 Å². The largest absolute Gasteiger partial charge is 0.359 e. The predicted molar refractivity (Wildman–Crippen MR) is 62.9 cm³/mol. The molecule has 0 bridgehead atoms. The summed E-state index contributed by atoms with van der Waals surface area (Å²) in [5.74, 6) is 0.953. The van der Waals surface area contributed by atoms with Crippen LogP contribution in [0.2, 0.25) is 0 Å². The van der Waals surface area contributed by atoms with Crippen molar-refractivity contribution in [3.8, 4) is 0 Å². The lowest BCUT2D eigenvalue weighted by molar-refractivity contribution is -0.0125. The van der Waals surface area contributed by atoms with Gasteiger partial charge in [0.15, 0.2) is 9.84 Å². The Balaban J connectivity index is 1.94. The van der Waals surface area contributed by atoms with Crippen LogP contribution >= 0.6 is 0 Å². The second-order valence-corrected chi connectivity index (χ2v) is 7.64. The van der Waals surface area contributed by atoms with Gasteiger partial charge in [-0.1, -0.05) is 0 Å². The van der Waals surface area contributed by atoms with Gasteiger partial charge in [-0.2, -0.15) is 0 Å². The third-order valence-electron chi connectivity index (χ3n) is 3.44. The molecule has 1 N–H and O–H groups in total. The van der Waals surface area contributed by atoms with Crippen LogP contribution in [-0.4, -0.2) is 38.3 Å². The van der Waals surface area contributed by atoms with Crippen molar-refractivity contribution in [1.82, 2.24) is 5.32 Å². The Hall–Kier alpha value is -0.130. The minimum absolute atomic E-state index is 0.251. The highest BCUT2D eigenvalue weighted by atomic mass is 32.2. The van der Waals surface area contributed by atoms with Gasteiger partial charge in [-0.05, 0) is 39.0 Å². The molecule has 2 fully saturated rings. The van der Waals surface area contributed by atoms with Crippen LogP contribution in [0.3, 0.4) is 0 Å². The Labute approximate surface area is 97.7 Å². The number of nitrogens with one attached hydrogen (secondary N) is 1. The molecule has 0 saturated carbocycles. The third-order valence-corrected chi connectivity index (χ3v) is 5.33. The fraction of sp³-hybridized carbons (Fsp3) is 1.00. The zero-order valence-electron chi connectivity index (χ0n) is 10.0. The van der Waals surface area contributed by atoms with Gasteiger partial charge in [0, 0.05) is 6.04 Å². The van der Waals surface area contributed by atoms with Crippen molar-refractivity contribution in [2.45, 2.75) is 44.9 Å². The summed E-state index contributed by atoms with van der Waals surface area (Å²) in [6.07, 6.45) is 2.61. The molecule has 0 aromatic rings. The molecule has 4 nitrogen and oxygen atoms in total. The van der Waals surface area contributed by atoms with Crippen molar-refractivity contribution in [3.05, 3.63) is 0 Å². The molecule has 0 radical (unpaired) electrons. The number of hydrogen-bond acceptors (Lipinski definition) is 4. The monoisotopic (exact) mass is 247 g/mol. The molecule has 5 heteroatoms. The van der Waals surface area contributed by atoms with E-state index in [0.717, 1.165) is 25.9 Å². The van der Waals surface area contributed by atoms with Crippen LogP contribution in [0.4, 0.5) is 0 Å². The summed E-state index contributed by atoms with van der Waals surface area (Å²) in [5, 5.41) is 3.39. The van der Waals surface area contributed by atoms with E-state index in [9.17, 15) is 8.42 Å². The van der Waals surface area contributed by atoms with E-state index in [-0.39, 0.29) is 11.6 Å². The standard InChI is InChI=1S/C11H21NO3S/c1-9-7-15-11(2,12-9)6-10-4-3-5-16(13,14)8-10/h9-10,12H,3-8H2,1-2H3.